The van der Waals surface area contributed by atoms with E-state index in [-0.39, 0.29) is 5.78 Å². The van der Waals surface area contributed by atoms with Crippen molar-refractivity contribution >= 4 is 11.5 Å². The van der Waals surface area contributed by atoms with Crippen LogP contribution in [0.2, 0.25) is 0 Å². The molecule has 0 heterocycles. The maximum Gasteiger partial charge on any atom is 0.182 e. The highest BCUT2D eigenvalue weighted by Crippen LogP contribution is 2.18. The van der Waals surface area contributed by atoms with Crippen LogP contribution >= 0.6 is 0 Å². The summed E-state index contributed by atoms with van der Waals surface area (Å²) in [5, 5.41) is 0. The molecular weight excluding hydrogens is 246 g/mol. The van der Waals surface area contributed by atoms with Crippen molar-refractivity contribution in [3.63, 3.8) is 0 Å². The lowest BCUT2D eigenvalue weighted by molar-refractivity contribution is 0.1000. The van der Waals surface area contributed by atoms with E-state index in [1.54, 1.807) is 0 Å². The number of nitrogens with zero attached hydrogens (tertiary/aromatic N) is 1. The Morgan fingerprint density at radius 1 is 1.00 bits per heavy atom. The molecule has 0 saturated heterocycles. The quantitative estimate of drug-likeness (QED) is 0.782. The summed E-state index contributed by atoms with van der Waals surface area (Å²) in [6, 6.07) is 14.1. The molecule has 0 aliphatic heterocycles. The second kappa shape index (κ2) is 5.91. The van der Waals surface area contributed by atoms with Gasteiger partial charge in [-0.2, -0.15) is 0 Å². The van der Waals surface area contributed by atoms with Crippen molar-refractivity contribution in [2.75, 3.05) is 18.5 Å². The van der Waals surface area contributed by atoms with Crippen LogP contribution in [0.4, 0.5) is 5.69 Å². The van der Waals surface area contributed by atoms with Crippen molar-refractivity contribution in [2.24, 2.45) is 0 Å². The highest BCUT2D eigenvalue weighted by molar-refractivity contribution is 6.00. The molecule has 0 spiro atoms. The average molecular weight is 267 g/mol. The minimum Gasteiger partial charge on any atom is -0.367 e. The van der Waals surface area contributed by atoms with E-state index in [4.69, 9.17) is 0 Å². The number of likely N-dealkylation sites (N-methyl/N-ethyl adjacent to an activating group) is 1. The van der Waals surface area contributed by atoms with Crippen LogP contribution in [0.5, 0.6) is 0 Å². The minimum atomic E-state index is 0.157. The number of aryl methyl sites for hydroxylation is 3. The summed E-state index contributed by atoms with van der Waals surface area (Å²) in [5.74, 6) is 0.157. The zero-order valence-electron chi connectivity index (χ0n) is 12.6. The van der Waals surface area contributed by atoms with Gasteiger partial charge in [-0.3, -0.25) is 4.79 Å². The predicted molar refractivity (Wildman–Crippen MR) is 84.7 cm³/mol. The van der Waals surface area contributed by atoms with Crippen LogP contribution in [-0.4, -0.2) is 19.4 Å². The second-order valence-electron chi connectivity index (χ2n) is 5.44. The van der Waals surface area contributed by atoms with Crippen LogP contribution in [0.15, 0.2) is 42.5 Å². The van der Waals surface area contributed by atoms with Gasteiger partial charge in [-0.15, -0.1) is 0 Å². The zero-order valence-corrected chi connectivity index (χ0v) is 12.6. The van der Waals surface area contributed by atoms with Gasteiger partial charge < -0.3 is 4.90 Å². The lowest BCUT2D eigenvalue weighted by Gasteiger charge is -2.20. The minimum absolute atomic E-state index is 0.157. The molecule has 0 N–H and O–H groups in total. The van der Waals surface area contributed by atoms with Crippen molar-refractivity contribution in [1.29, 1.82) is 0 Å². The van der Waals surface area contributed by atoms with E-state index < -0.39 is 0 Å². The number of hydrogen-bond donors (Lipinski definition) is 0. The van der Waals surface area contributed by atoms with Crippen molar-refractivity contribution in [2.45, 2.75) is 20.8 Å². The molecule has 2 heteroatoms. The summed E-state index contributed by atoms with van der Waals surface area (Å²) in [5.41, 5.74) is 5.37. The van der Waals surface area contributed by atoms with Crippen molar-refractivity contribution in [3.05, 3.63) is 64.7 Å². The van der Waals surface area contributed by atoms with Gasteiger partial charge in [-0.05, 0) is 49.6 Å². The second-order valence-corrected chi connectivity index (χ2v) is 5.44. The molecule has 2 aromatic carbocycles. The Labute approximate surface area is 121 Å². The summed E-state index contributed by atoms with van der Waals surface area (Å²) in [6.07, 6.45) is 0. The zero-order chi connectivity index (χ0) is 14.7. The molecule has 20 heavy (non-hydrogen) atoms. The third kappa shape index (κ3) is 3.27. The van der Waals surface area contributed by atoms with Crippen molar-refractivity contribution < 1.29 is 4.79 Å². The highest BCUT2D eigenvalue weighted by Gasteiger charge is 2.12. The number of rotatable bonds is 4. The third-order valence-electron chi connectivity index (χ3n) is 3.47. The fourth-order valence-corrected chi connectivity index (χ4v) is 2.45. The number of carbonyl (C=O) groups is 1. The Bertz CT molecular complexity index is 611. The van der Waals surface area contributed by atoms with E-state index in [1.807, 2.05) is 43.1 Å². The standard InChI is InChI=1S/C18H21NO/c1-13-9-14(2)11-16(10-13)19(4)12-18(20)17-8-6-5-7-15(17)3/h5-11H,12H2,1-4H3. The van der Waals surface area contributed by atoms with E-state index in [2.05, 4.69) is 32.0 Å². The number of anilines is 1. The molecule has 0 amide bonds. The summed E-state index contributed by atoms with van der Waals surface area (Å²) in [7, 11) is 1.96. The van der Waals surface area contributed by atoms with Crippen molar-refractivity contribution in [1.82, 2.24) is 0 Å². The largest absolute Gasteiger partial charge is 0.367 e. The Morgan fingerprint density at radius 3 is 2.20 bits per heavy atom. The first kappa shape index (κ1) is 14.3. The van der Waals surface area contributed by atoms with Gasteiger partial charge >= 0.3 is 0 Å². The first-order chi connectivity index (χ1) is 9.47. The Balaban J connectivity index is 2.17. The highest BCUT2D eigenvalue weighted by atomic mass is 16.1. The van der Waals surface area contributed by atoms with E-state index in [0.29, 0.717) is 6.54 Å². The SMILES string of the molecule is Cc1cc(C)cc(N(C)CC(=O)c2ccccc2C)c1. The maximum absolute atomic E-state index is 12.4. The summed E-state index contributed by atoms with van der Waals surface area (Å²) in [4.78, 5) is 14.4. The Hall–Kier alpha value is -2.09. The van der Waals surface area contributed by atoms with Gasteiger partial charge in [0.25, 0.3) is 0 Å². The van der Waals surface area contributed by atoms with Gasteiger partial charge in [0.15, 0.2) is 5.78 Å². The third-order valence-corrected chi connectivity index (χ3v) is 3.47. The van der Waals surface area contributed by atoms with Gasteiger partial charge in [0.2, 0.25) is 0 Å². The summed E-state index contributed by atoms with van der Waals surface area (Å²) < 4.78 is 0. The summed E-state index contributed by atoms with van der Waals surface area (Å²) in [6.45, 7) is 6.53. The van der Waals surface area contributed by atoms with Gasteiger partial charge in [-0.1, -0.05) is 30.3 Å². The molecule has 0 aliphatic rings. The fraction of sp³-hybridized carbons (Fsp3) is 0.278. The molecule has 0 aliphatic carbocycles. The molecular formula is C18H21NO. The van der Waals surface area contributed by atoms with Gasteiger partial charge in [-0.25, -0.2) is 0 Å². The Kier molecular flexibility index (Phi) is 4.23. The first-order valence-corrected chi connectivity index (χ1v) is 6.85. The van der Waals surface area contributed by atoms with Gasteiger partial charge in [0, 0.05) is 18.3 Å². The number of ketones is 1. The molecule has 0 atom stereocenters. The Morgan fingerprint density at radius 2 is 1.60 bits per heavy atom. The fourth-order valence-electron chi connectivity index (χ4n) is 2.45. The average Bonchev–Trinajstić information content (AvgIpc) is 2.37. The van der Waals surface area contributed by atoms with Crippen LogP contribution in [0.1, 0.15) is 27.0 Å². The molecule has 2 aromatic rings. The molecule has 0 fully saturated rings. The van der Waals surface area contributed by atoms with Crippen LogP contribution < -0.4 is 4.90 Å². The van der Waals surface area contributed by atoms with E-state index in [0.717, 1.165) is 16.8 Å². The lowest BCUT2D eigenvalue weighted by atomic mass is 10.0. The van der Waals surface area contributed by atoms with E-state index in [1.165, 1.54) is 11.1 Å². The van der Waals surface area contributed by atoms with E-state index in [9.17, 15) is 4.79 Å². The molecule has 0 bridgehead atoms. The maximum atomic E-state index is 12.4. The lowest BCUT2D eigenvalue weighted by Crippen LogP contribution is -2.26. The number of benzene rings is 2. The van der Waals surface area contributed by atoms with Crippen LogP contribution in [0.3, 0.4) is 0 Å². The van der Waals surface area contributed by atoms with Gasteiger partial charge in [0.05, 0.1) is 6.54 Å². The number of carbonyl (C=O) groups excluding carboxylic acids is 1. The molecule has 2 rings (SSSR count). The normalized spacial score (nSPS) is 10.4. The van der Waals surface area contributed by atoms with E-state index >= 15 is 0 Å². The first-order valence-electron chi connectivity index (χ1n) is 6.85. The smallest absolute Gasteiger partial charge is 0.182 e. The molecule has 0 aromatic heterocycles. The topological polar surface area (TPSA) is 20.3 Å². The number of Topliss-reactive ketones (excluding diaryl/α,β-unsaturated/α-hetero) is 1. The number of hydrogen-bond acceptors (Lipinski definition) is 2. The van der Waals surface area contributed by atoms with Crippen LogP contribution in [-0.2, 0) is 0 Å². The molecule has 0 unspecified atom stereocenters. The van der Waals surface area contributed by atoms with Crippen molar-refractivity contribution in [3.8, 4) is 0 Å². The monoisotopic (exact) mass is 267 g/mol. The van der Waals surface area contributed by atoms with Gasteiger partial charge in [0.1, 0.15) is 0 Å². The van der Waals surface area contributed by atoms with Crippen LogP contribution in [0.25, 0.3) is 0 Å². The van der Waals surface area contributed by atoms with Crippen LogP contribution in [0, 0.1) is 20.8 Å². The molecule has 104 valence electrons. The predicted octanol–water partition coefficient (Wildman–Crippen LogP) is 3.93. The summed E-state index contributed by atoms with van der Waals surface area (Å²) >= 11 is 0. The molecule has 0 radical (unpaired) electrons. The molecule has 2 nitrogen and oxygen atoms in total. The molecule has 0 saturated carbocycles.